The van der Waals surface area contributed by atoms with Crippen molar-refractivity contribution in [2.45, 2.75) is 19.4 Å². The summed E-state index contributed by atoms with van der Waals surface area (Å²) in [5, 5.41) is 10.1. The number of hydrogen-bond acceptors (Lipinski definition) is 2. The monoisotopic (exact) mass is 213 g/mol. The van der Waals surface area contributed by atoms with Crippen molar-refractivity contribution in [2.75, 3.05) is 0 Å². The van der Waals surface area contributed by atoms with Gasteiger partial charge >= 0.3 is 0 Å². The molecule has 1 aromatic carbocycles. The predicted molar refractivity (Wildman–Crippen MR) is 64.1 cm³/mol. The summed E-state index contributed by atoms with van der Waals surface area (Å²) >= 11 is 0. The Labute approximate surface area is 95.6 Å². The maximum Gasteiger partial charge on any atom is 0.0834 e. The third-order valence-electron chi connectivity index (χ3n) is 2.69. The molecule has 1 heterocycles. The molecule has 0 aliphatic rings. The topological polar surface area (TPSA) is 33.1 Å². The second-order valence-electron chi connectivity index (χ2n) is 3.94. The van der Waals surface area contributed by atoms with Crippen molar-refractivity contribution in [3.63, 3.8) is 0 Å². The van der Waals surface area contributed by atoms with Gasteiger partial charge in [0.15, 0.2) is 0 Å². The number of aliphatic hydroxyl groups excluding tert-OH is 1. The van der Waals surface area contributed by atoms with Crippen molar-refractivity contribution in [2.24, 2.45) is 0 Å². The van der Waals surface area contributed by atoms with E-state index in [4.69, 9.17) is 0 Å². The Hall–Kier alpha value is -1.67. The first-order valence-electron chi connectivity index (χ1n) is 5.40. The first-order chi connectivity index (χ1) is 7.77. The number of aromatic nitrogens is 1. The molecule has 0 radical (unpaired) electrons. The average Bonchev–Trinajstić information content (AvgIpc) is 2.31. The van der Waals surface area contributed by atoms with E-state index in [0.29, 0.717) is 6.42 Å². The Bertz CT molecular complexity index is 453. The fraction of sp³-hybridized carbons (Fsp3) is 0.214. The number of benzene rings is 1. The standard InChI is InChI=1S/C14H15NO/c1-11-10-15-8-7-13(11)14(16)9-12-5-3-2-4-6-12/h2-8,10,14,16H,9H2,1H3. The molecule has 1 aromatic heterocycles. The molecule has 2 aromatic rings. The van der Waals surface area contributed by atoms with E-state index in [2.05, 4.69) is 4.98 Å². The molecule has 2 rings (SSSR count). The normalized spacial score (nSPS) is 12.4. The van der Waals surface area contributed by atoms with Crippen molar-refractivity contribution in [1.82, 2.24) is 4.98 Å². The molecule has 0 aliphatic heterocycles. The van der Waals surface area contributed by atoms with Crippen LogP contribution in [0.5, 0.6) is 0 Å². The minimum absolute atomic E-state index is 0.453. The number of nitrogens with zero attached hydrogens (tertiary/aromatic N) is 1. The van der Waals surface area contributed by atoms with Gasteiger partial charge in [-0.25, -0.2) is 0 Å². The maximum atomic E-state index is 10.1. The number of rotatable bonds is 3. The Morgan fingerprint density at radius 2 is 1.94 bits per heavy atom. The molecule has 0 aliphatic carbocycles. The van der Waals surface area contributed by atoms with Gasteiger partial charge in [0.25, 0.3) is 0 Å². The quantitative estimate of drug-likeness (QED) is 0.850. The van der Waals surface area contributed by atoms with E-state index in [-0.39, 0.29) is 0 Å². The first kappa shape index (κ1) is 10.8. The summed E-state index contributed by atoms with van der Waals surface area (Å²) in [6.45, 7) is 1.97. The van der Waals surface area contributed by atoms with Crippen LogP contribution in [0.3, 0.4) is 0 Å². The second kappa shape index (κ2) is 4.90. The Balaban J connectivity index is 2.15. The molecule has 0 fully saturated rings. The van der Waals surface area contributed by atoms with E-state index in [0.717, 1.165) is 16.7 Å². The van der Waals surface area contributed by atoms with Crippen LogP contribution in [0.1, 0.15) is 22.8 Å². The van der Waals surface area contributed by atoms with E-state index in [1.54, 1.807) is 12.4 Å². The summed E-state index contributed by atoms with van der Waals surface area (Å²) in [7, 11) is 0. The summed E-state index contributed by atoms with van der Waals surface area (Å²) in [5.41, 5.74) is 3.14. The van der Waals surface area contributed by atoms with E-state index < -0.39 is 6.10 Å². The summed E-state index contributed by atoms with van der Waals surface area (Å²) < 4.78 is 0. The summed E-state index contributed by atoms with van der Waals surface area (Å²) in [4.78, 5) is 4.02. The SMILES string of the molecule is Cc1cnccc1C(O)Cc1ccccc1. The molecule has 0 amide bonds. The van der Waals surface area contributed by atoms with Gasteiger partial charge in [-0.1, -0.05) is 30.3 Å². The number of aliphatic hydroxyl groups is 1. The van der Waals surface area contributed by atoms with E-state index in [9.17, 15) is 5.11 Å². The Morgan fingerprint density at radius 3 is 2.62 bits per heavy atom. The van der Waals surface area contributed by atoms with E-state index in [1.807, 2.05) is 43.3 Å². The zero-order valence-electron chi connectivity index (χ0n) is 9.30. The van der Waals surface area contributed by atoms with Crippen LogP contribution in [0.15, 0.2) is 48.8 Å². The molecule has 0 bridgehead atoms. The summed E-state index contributed by atoms with van der Waals surface area (Å²) in [6.07, 6.45) is 3.69. The van der Waals surface area contributed by atoms with E-state index >= 15 is 0 Å². The van der Waals surface area contributed by atoms with Crippen LogP contribution in [0.4, 0.5) is 0 Å². The third kappa shape index (κ3) is 2.47. The maximum absolute atomic E-state index is 10.1. The smallest absolute Gasteiger partial charge is 0.0834 e. The second-order valence-corrected chi connectivity index (χ2v) is 3.94. The van der Waals surface area contributed by atoms with Crippen LogP contribution >= 0.6 is 0 Å². The van der Waals surface area contributed by atoms with Crippen LogP contribution in [0, 0.1) is 6.92 Å². The van der Waals surface area contributed by atoms with Crippen molar-refractivity contribution in [3.8, 4) is 0 Å². The molecule has 2 heteroatoms. The van der Waals surface area contributed by atoms with Crippen LogP contribution in [-0.2, 0) is 6.42 Å². The number of hydrogen-bond donors (Lipinski definition) is 1. The first-order valence-corrected chi connectivity index (χ1v) is 5.40. The lowest BCUT2D eigenvalue weighted by Crippen LogP contribution is -2.03. The molecule has 0 saturated heterocycles. The molecule has 2 nitrogen and oxygen atoms in total. The van der Waals surface area contributed by atoms with Gasteiger partial charge in [0.1, 0.15) is 0 Å². The van der Waals surface area contributed by atoms with Crippen LogP contribution < -0.4 is 0 Å². The highest BCUT2D eigenvalue weighted by Crippen LogP contribution is 2.20. The van der Waals surface area contributed by atoms with Gasteiger partial charge in [-0.05, 0) is 29.7 Å². The van der Waals surface area contributed by atoms with Crippen molar-refractivity contribution in [1.29, 1.82) is 0 Å². The minimum Gasteiger partial charge on any atom is -0.388 e. The van der Waals surface area contributed by atoms with Gasteiger partial charge in [0.2, 0.25) is 0 Å². The molecule has 0 saturated carbocycles. The Morgan fingerprint density at radius 1 is 1.19 bits per heavy atom. The fourth-order valence-electron chi connectivity index (χ4n) is 1.81. The Kier molecular flexibility index (Phi) is 3.32. The summed E-state index contributed by atoms with van der Waals surface area (Å²) in [5.74, 6) is 0. The van der Waals surface area contributed by atoms with Crippen LogP contribution in [0.25, 0.3) is 0 Å². The zero-order valence-corrected chi connectivity index (χ0v) is 9.30. The fourth-order valence-corrected chi connectivity index (χ4v) is 1.81. The number of pyridine rings is 1. The molecule has 1 unspecified atom stereocenters. The van der Waals surface area contributed by atoms with Gasteiger partial charge in [0, 0.05) is 18.8 Å². The van der Waals surface area contributed by atoms with E-state index in [1.165, 1.54) is 0 Å². The lowest BCUT2D eigenvalue weighted by atomic mass is 9.99. The lowest BCUT2D eigenvalue weighted by molar-refractivity contribution is 0.177. The molecule has 0 spiro atoms. The molecule has 1 atom stereocenters. The highest BCUT2D eigenvalue weighted by atomic mass is 16.3. The third-order valence-corrected chi connectivity index (χ3v) is 2.69. The van der Waals surface area contributed by atoms with Crippen molar-refractivity contribution in [3.05, 3.63) is 65.5 Å². The van der Waals surface area contributed by atoms with Crippen molar-refractivity contribution < 1.29 is 5.11 Å². The predicted octanol–water partition coefficient (Wildman–Crippen LogP) is 2.67. The van der Waals surface area contributed by atoms with Crippen LogP contribution in [-0.4, -0.2) is 10.1 Å². The number of aryl methyl sites for hydroxylation is 1. The highest BCUT2D eigenvalue weighted by molar-refractivity contribution is 5.26. The molecular formula is C14H15NO. The highest BCUT2D eigenvalue weighted by Gasteiger charge is 2.10. The van der Waals surface area contributed by atoms with Gasteiger partial charge in [0.05, 0.1) is 6.10 Å². The van der Waals surface area contributed by atoms with Crippen LogP contribution in [0.2, 0.25) is 0 Å². The zero-order chi connectivity index (χ0) is 11.4. The minimum atomic E-state index is -0.453. The van der Waals surface area contributed by atoms with Gasteiger partial charge in [-0.15, -0.1) is 0 Å². The summed E-state index contributed by atoms with van der Waals surface area (Å²) in [6, 6.07) is 11.9. The van der Waals surface area contributed by atoms with Gasteiger partial charge < -0.3 is 5.11 Å². The average molecular weight is 213 g/mol. The molecule has 16 heavy (non-hydrogen) atoms. The lowest BCUT2D eigenvalue weighted by Gasteiger charge is -2.13. The molecular weight excluding hydrogens is 198 g/mol. The van der Waals surface area contributed by atoms with Crippen molar-refractivity contribution >= 4 is 0 Å². The molecule has 82 valence electrons. The van der Waals surface area contributed by atoms with Gasteiger partial charge in [-0.3, -0.25) is 4.98 Å². The molecule has 1 N–H and O–H groups in total. The van der Waals surface area contributed by atoms with Gasteiger partial charge in [-0.2, -0.15) is 0 Å². The largest absolute Gasteiger partial charge is 0.388 e.